The molecule has 0 radical (unpaired) electrons. The second kappa shape index (κ2) is 2.91. The summed E-state index contributed by atoms with van der Waals surface area (Å²) in [5.41, 5.74) is 2.64. The lowest BCUT2D eigenvalue weighted by molar-refractivity contribution is 0.0965. The lowest BCUT2D eigenvalue weighted by Crippen LogP contribution is -2.12. The summed E-state index contributed by atoms with van der Waals surface area (Å²) in [7, 11) is 0. The SMILES string of the molecule is N#CCc1ccc2c(c1)C(=O)NC2. The Kier molecular flexibility index (Phi) is 1.75. The summed E-state index contributed by atoms with van der Waals surface area (Å²) in [4.78, 5) is 11.2. The quantitative estimate of drug-likeness (QED) is 0.687. The molecule has 0 aliphatic carbocycles. The minimum absolute atomic E-state index is 0.0326. The number of nitrogens with one attached hydrogen (secondary N) is 1. The van der Waals surface area contributed by atoms with Crippen LogP contribution < -0.4 is 5.32 Å². The zero-order valence-corrected chi connectivity index (χ0v) is 7.00. The van der Waals surface area contributed by atoms with Crippen LogP contribution in [0.3, 0.4) is 0 Å². The Hall–Kier alpha value is -1.82. The Morgan fingerprint density at radius 1 is 1.54 bits per heavy atom. The molecular weight excluding hydrogens is 164 g/mol. The van der Waals surface area contributed by atoms with Crippen molar-refractivity contribution >= 4 is 5.91 Å². The van der Waals surface area contributed by atoms with Crippen molar-refractivity contribution in [2.45, 2.75) is 13.0 Å². The fourth-order valence-electron chi connectivity index (χ4n) is 1.46. The van der Waals surface area contributed by atoms with Gasteiger partial charge in [-0.05, 0) is 17.2 Å². The maximum absolute atomic E-state index is 11.2. The fourth-order valence-corrected chi connectivity index (χ4v) is 1.46. The van der Waals surface area contributed by atoms with Gasteiger partial charge in [-0.15, -0.1) is 0 Å². The molecule has 3 nitrogen and oxygen atoms in total. The number of carbonyl (C=O) groups is 1. The number of hydrogen-bond acceptors (Lipinski definition) is 2. The van der Waals surface area contributed by atoms with Crippen molar-refractivity contribution in [1.82, 2.24) is 5.32 Å². The fraction of sp³-hybridized carbons (Fsp3) is 0.200. The van der Waals surface area contributed by atoms with Crippen molar-refractivity contribution in [3.63, 3.8) is 0 Å². The van der Waals surface area contributed by atoms with Crippen molar-refractivity contribution in [3.8, 4) is 6.07 Å². The minimum atomic E-state index is -0.0326. The van der Waals surface area contributed by atoms with Gasteiger partial charge in [-0.3, -0.25) is 4.79 Å². The topological polar surface area (TPSA) is 52.9 Å². The molecule has 1 aliphatic heterocycles. The molecule has 0 unspecified atom stereocenters. The molecular formula is C10H8N2O. The maximum Gasteiger partial charge on any atom is 0.251 e. The van der Waals surface area contributed by atoms with E-state index >= 15 is 0 Å². The summed E-state index contributed by atoms with van der Waals surface area (Å²) in [6, 6.07) is 7.64. The number of nitriles is 1. The number of fused-ring (bicyclic) bond motifs is 1. The third kappa shape index (κ3) is 1.27. The van der Waals surface area contributed by atoms with Crippen LogP contribution in [0.1, 0.15) is 21.5 Å². The Labute approximate surface area is 76.0 Å². The monoisotopic (exact) mass is 172 g/mol. The molecule has 0 saturated heterocycles. The van der Waals surface area contributed by atoms with Gasteiger partial charge >= 0.3 is 0 Å². The summed E-state index contributed by atoms with van der Waals surface area (Å²) >= 11 is 0. The number of nitrogens with zero attached hydrogens (tertiary/aromatic N) is 1. The molecule has 0 saturated carbocycles. The predicted octanol–water partition coefficient (Wildman–Crippen LogP) is 0.996. The van der Waals surface area contributed by atoms with E-state index in [1.165, 1.54) is 0 Å². The summed E-state index contributed by atoms with van der Waals surface area (Å²) in [6.45, 7) is 0.612. The maximum atomic E-state index is 11.2. The van der Waals surface area contributed by atoms with Crippen molar-refractivity contribution in [2.75, 3.05) is 0 Å². The molecule has 0 atom stereocenters. The van der Waals surface area contributed by atoms with E-state index < -0.39 is 0 Å². The molecule has 0 spiro atoms. The van der Waals surface area contributed by atoms with Gasteiger partial charge in [0, 0.05) is 12.1 Å². The molecule has 1 heterocycles. The van der Waals surface area contributed by atoms with E-state index in [1.807, 2.05) is 12.1 Å². The van der Waals surface area contributed by atoms with Crippen LogP contribution in [-0.4, -0.2) is 5.91 Å². The lowest BCUT2D eigenvalue weighted by atomic mass is 10.0. The average molecular weight is 172 g/mol. The van der Waals surface area contributed by atoms with Crippen molar-refractivity contribution in [3.05, 3.63) is 34.9 Å². The third-order valence-corrected chi connectivity index (χ3v) is 2.14. The van der Waals surface area contributed by atoms with Gasteiger partial charge in [0.15, 0.2) is 0 Å². The Bertz CT molecular complexity index is 404. The van der Waals surface area contributed by atoms with Crippen molar-refractivity contribution < 1.29 is 4.79 Å². The molecule has 0 aromatic heterocycles. The minimum Gasteiger partial charge on any atom is -0.348 e. The Morgan fingerprint density at radius 2 is 2.38 bits per heavy atom. The molecule has 1 aromatic carbocycles. The van der Waals surface area contributed by atoms with E-state index in [1.54, 1.807) is 6.07 Å². The Morgan fingerprint density at radius 3 is 3.15 bits per heavy atom. The van der Waals surface area contributed by atoms with Crippen LogP contribution in [0.2, 0.25) is 0 Å². The van der Waals surface area contributed by atoms with Crippen LogP contribution in [0.5, 0.6) is 0 Å². The van der Waals surface area contributed by atoms with Gasteiger partial charge in [-0.1, -0.05) is 12.1 Å². The normalized spacial score (nSPS) is 13.3. The van der Waals surface area contributed by atoms with Crippen LogP contribution in [0.15, 0.2) is 18.2 Å². The van der Waals surface area contributed by atoms with Gasteiger partial charge in [0.1, 0.15) is 0 Å². The highest BCUT2D eigenvalue weighted by Crippen LogP contribution is 2.17. The molecule has 1 aromatic rings. The van der Waals surface area contributed by atoms with Crippen LogP contribution in [-0.2, 0) is 13.0 Å². The first-order valence-electron chi connectivity index (χ1n) is 4.08. The molecule has 13 heavy (non-hydrogen) atoms. The van der Waals surface area contributed by atoms with Gasteiger partial charge in [-0.2, -0.15) is 5.26 Å². The number of carbonyl (C=O) groups excluding carboxylic acids is 1. The summed E-state index contributed by atoms with van der Waals surface area (Å²) in [5, 5.41) is 11.2. The largest absolute Gasteiger partial charge is 0.348 e. The summed E-state index contributed by atoms with van der Waals surface area (Å²) in [6.07, 6.45) is 0.362. The highest BCUT2D eigenvalue weighted by atomic mass is 16.1. The molecule has 1 amide bonds. The van der Waals surface area contributed by atoms with Crippen LogP contribution in [0.25, 0.3) is 0 Å². The van der Waals surface area contributed by atoms with Gasteiger partial charge in [0.2, 0.25) is 0 Å². The molecule has 2 rings (SSSR count). The van der Waals surface area contributed by atoms with Gasteiger partial charge < -0.3 is 5.32 Å². The molecule has 3 heteroatoms. The highest BCUT2D eigenvalue weighted by Gasteiger charge is 2.18. The zero-order valence-electron chi connectivity index (χ0n) is 7.00. The summed E-state index contributed by atoms with van der Waals surface area (Å²) < 4.78 is 0. The Balaban J connectivity index is 2.43. The van der Waals surface area contributed by atoms with Gasteiger partial charge in [0.05, 0.1) is 12.5 Å². The number of benzene rings is 1. The molecule has 1 N–H and O–H groups in total. The van der Waals surface area contributed by atoms with Gasteiger partial charge in [0.25, 0.3) is 5.91 Å². The average Bonchev–Trinajstić information content (AvgIpc) is 2.49. The lowest BCUT2D eigenvalue weighted by Gasteiger charge is -1.97. The van der Waals surface area contributed by atoms with Crippen molar-refractivity contribution in [2.24, 2.45) is 0 Å². The van der Waals surface area contributed by atoms with E-state index in [2.05, 4.69) is 11.4 Å². The van der Waals surface area contributed by atoms with E-state index in [0.29, 0.717) is 18.5 Å². The number of rotatable bonds is 1. The zero-order chi connectivity index (χ0) is 9.26. The molecule has 64 valence electrons. The first-order valence-corrected chi connectivity index (χ1v) is 4.08. The van der Waals surface area contributed by atoms with E-state index in [-0.39, 0.29) is 5.91 Å². The summed E-state index contributed by atoms with van der Waals surface area (Å²) in [5.74, 6) is -0.0326. The van der Waals surface area contributed by atoms with Crippen LogP contribution in [0, 0.1) is 11.3 Å². The highest BCUT2D eigenvalue weighted by molar-refractivity contribution is 5.98. The third-order valence-electron chi connectivity index (χ3n) is 2.14. The van der Waals surface area contributed by atoms with Crippen molar-refractivity contribution in [1.29, 1.82) is 5.26 Å². The van der Waals surface area contributed by atoms with E-state index in [4.69, 9.17) is 5.26 Å². The number of hydrogen-bond donors (Lipinski definition) is 1. The number of amides is 1. The van der Waals surface area contributed by atoms with Gasteiger partial charge in [-0.25, -0.2) is 0 Å². The molecule has 1 aliphatic rings. The second-order valence-corrected chi connectivity index (χ2v) is 3.01. The predicted molar refractivity (Wildman–Crippen MR) is 46.9 cm³/mol. The molecule has 0 fully saturated rings. The van der Waals surface area contributed by atoms with Crippen LogP contribution in [0.4, 0.5) is 0 Å². The molecule has 0 bridgehead atoms. The standard InChI is InChI=1S/C10H8N2O/c11-4-3-7-1-2-8-6-12-10(13)9(8)5-7/h1-2,5H,3,6H2,(H,12,13). The van der Waals surface area contributed by atoms with E-state index in [9.17, 15) is 4.79 Å². The second-order valence-electron chi connectivity index (χ2n) is 3.01. The van der Waals surface area contributed by atoms with E-state index in [0.717, 1.165) is 11.1 Å². The van der Waals surface area contributed by atoms with Crippen LogP contribution >= 0.6 is 0 Å². The first-order chi connectivity index (χ1) is 6.31. The first kappa shape index (κ1) is 7.81. The smallest absolute Gasteiger partial charge is 0.251 e.